The van der Waals surface area contributed by atoms with Crippen LogP contribution in [-0.4, -0.2) is 218 Å². The van der Waals surface area contributed by atoms with Gasteiger partial charge in [-0.2, -0.15) is 0 Å². The third-order valence-corrected chi connectivity index (χ3v) is 16.0. The van der Waals surface area contributed by atoms with E-state index in [-0.39, 0.29) is 51.6 Å². The smallest absolute Gasteiger partial charge is 0.308 e. The highest BCUT2D eigenvalue weighted by Gasteiger charge is 2.45. The number of carboxylic acid groups (broad SMARTS) is 4. The first-order valence-corrected chi connectivity index (χ1v) is 31.6. The number of allylic oxidation sites excluding steroid dienone is 1. The Morgan fingerprint density at radius 1 is 0.570 bits per heavy atom. The van der Waals surface area contributed by atoms with Gasteiger partial charge in [0.1, 0.15) is 54.4 Å². The molecule has 0 aliphatic carbocycles. The molecule has 3 aliphatic rings. The van der Waals surface area contributed by atoms with Crippen LogP contribution in [0.4, 0.5) is 0 Å². The van der Waals surface area contributed by atoms with Crippen LogP contribution in [0.2, 0.25) is 0 Å². The van der Waals surface area contributed by atoms with E-state index in [0.29, 0.717) is 12.3 Å². The monoisotopic (exact) mass is 1320 g/mol. The maximum Gasteiger partial charge on any atom is 0.308 e. The van der Waals surface area contributed by atoms with Crippen molar-refractivity contribution in [3.63, 3.8) is 0 Å². The predicted octanol–water partition coefficient (Wildman–Crippen LogP) is -2.63. The Balaban J connectivity index is 2.14. The number of nitrogens with zero attached hydrogens (tertiary/aromatic N) is 2. The van der Waals surface area contributed by atoms with Gasteiger partial charge in [0.2, 0.25) is 70.9 Å². The molecular weight excluding hydrogens is 1220 g/mol. The number of carboxylic acids is 4. The maximum atomic E-state index is 15.2. The zero-order valence-electron chi connectivity index (χ0n) is 53.9. The van der Waals surface area contributed by atoms with Crippen molar-refractivity contribution in [2.24, 2.45) is 23.5 Å². The lowest BCUT2D eigenvalue weighted by Crippen LogP contribution is -2.66. The molecule has 12 unspecified atom stereocenters. The highest BCUT2D eigenvalue weighted by molar-refractivity contribution is 6.01. The van der Waals surface area contributed by atoms with Gasteiger partial charge in [-0.15, -0.1) is 0 Å². The van der Waals surface area contributed by atoms with Gasteiger partial charge in [-0.25, -0.2) is 0 Å². The fourth-order valence-electron chi connectivity index (χ4n) is 10.7. The van der Waals surface area contributed by atoms with E-state index in [1.54, 1.807) is 26.0 Å². The zero-order chi connectivity index (χ0) is 69.8. The molecule has 0 saturated carbocycles. The number of hydrogen-bond donors (Lipinski definition) is 15. The van der Waals surface area contributed by atoms with Crippen molar-refractivity contribution in [1.82, 2.24) is 63.0 Å². The molecule has 33 heteroatoms. The van der Waals surface area contributed by atoms with E-state index in [2.05, 4.69) is 56.4 Å². The summed E-state index contributed by atoms with van der Waals surface area (Å²) in [5.41, 5.74) is 6.12. The molecule has 0 aromatic rings. The number of rotatable bonds is 24. The third kappa shape index (κ3) is 26.4. The lowest BCUT2D eigenvalue weighted by molar-refractivity contribution is -0.150. The van der Waals surface area contributed by atoms with E-state index in [0.717, 1.165) is 43.9 Å². The summed E-state index contributed by atoms with van der Waals surface area (Å²) in [6.07, 6.45) is 8.46. The van der Waals surface area contributed by atoms with Crippen LogP contribution in [0.3, 0.4) is 0 Å². The molecule has 3 saturated heterocycles. The quantitative estimate of drug-likeness (QED) is 0.0347. The maximum absolute atomic E-state index is 15.2. The van der Waals surface area contributed by atoms with Crippen molar-refractivity contribution < 1.29 is 97.1 Å². The lowest BCUT2D eigenvalue weighted by atomic mass is 9.96. The van der Waals surface area contributed by atoms with Gasteiger partial charge in [0.15, 0.2) is 0 Å². The van der Waals surface area contributed by atoms with Crippen molar-refractivity contribution in [3.05, 3.63) is 12.2 Å². The summed E-state index contributed by atoms with van der Waals surface area (Å²) >= 11 is 0. The molecule has 3 heterocycles. The van der Waals surface area contributed by atoms with Crippen LogP contribution in [0.25, 0.3) is 0 Å². The minimum atomic E-state index is -2.15. The van der Waals surface area contributed by atoms with E-state index in [1.165, 1.54) is 31.6 Å². The molecule has 12 atom stereocenters. The minimum absolute atomic E-state index is 0.0224. The molecule has 0 spiro atoms. The fraction of sp³-hybridized carbons (Fsp3) is 0.700. The van der Waals surface area contributed by atoms with Gasteiger partial charge in [0.25, 0.3) is 0 Å². The summed E-state index contributed by atoms with van der Waals surface area (Å²) < 4.78 is 0. The first-order chi connectivity index (χ1) is 43.7. The average Bonchev–Trinajstić information content (AvgIpc) is 1.71. The number of carbonyl (C=O) groups is 16. The van der Waals surface area contributed by atoms with Crippen LogP contribution >= 0.6 is 0 Å². The second-order valence-electron chi connectivity index (χ2n) is 24.6. The van der Waals surface area contributed by atoms with E-state index in [1.807, 2.05) is 10.6 Å². The molecular formula is C60H95N13O20. The van der Waals surface area contributed by atoms with Crippen molar-refractivity contribution in [2.75, 3.05) is 26.2 Å². The van der Waals surface area contributed by atoms with Crippen molar-refractivity contribution >= 4 is 94.8 Å². The molecule has 0 radical (unpaired) electrons. The van der Waals surface area contributed by atoms with Crippen molar-refractivity contribution in [1.29, 1.82) is 0 Å². The zero-order valence-corrected chi connectivity index (χ0v) is 53.9. The summed E-state index contributed by atoms with van der Waals surface area (Å²) in [6, 6.07) is -18.5. The number of piperidine rings is 1. The van der Waals surface area contributed by atoms with Crippen LogP contribution < -0.4 is 58.9 Å². The second-order valence-corrected chi connectivity index (χ2v) is 24.6. The second kappa shape index (κ2) is 38.9. The molecule has 93 heavy (non-hydrogen) atoms. The van der Waals surface area contributed by atoms with Gasteiger partial charge in [-0.05, 0) is 77.6 Å². The number of aliphatic carboxylic acids is 4. The molecule has 3 rings (SSSR count). The number of amides is 12. The molecule has 16 N–H and O–H groups in total. The Hall–Kier alpha value is -8.78. The largest absolute Gasteiger partial charge is 0.481 e. The number of unbranched alkanes of at least 4 members (excludes halogenated alkanes) is 6. The Morgan fingerprint density at radius 2 is 1.09 bits per heavy atom. The highest BCUT2D eigenvalue weighted by atomic mass is 16.4. The Kier molecular flexibility index (Phi) is 32.8. The summed E-state index contributed by atoms with van der Waals surface area (Å²) in [7, 11) is 0. The first kappa shape index (κ1) is 78.5. The number of carbonyl (C=O) groups excluding carboxylic acids is 12. The molecule has 0 aromatic heterocycles. The SMILES string of the molecule is CC(C)CCCCCCCCC=CCC(=O)NC(CC(=O)O)C(=O)NC1C(=O)N2CCCCC2C(=O)NC(C(C)C(=O)O)C(=O)NC(CC(=O)O)C(=O)NCC(=O)NC(CC(=O)O)C(=O)NCC(=O)NC(C(C)N)C(=O)NC(C(C)C)C(=O)N2CCCC2C(=O)NC1C. The summed E-state index contributed by atoms with van der Waals surface area (Å²) in [4.78, 5) is 219. The number of nitrogens with two attached hydrogens (primary N) is 1. The number of nitrogens with one attached hydrogen (secondary N) is 10. The van der Waals surface area contributed by atoms with E-state index in [4.69, 9.17) is 5.73 Å². The predicted molar refractivity (Wildman–Crippen MR) is 329 cm³/mol. The number of fused-ring (bicyclic) bond motifs is 2. The molecule has 3 fully saturated rings. The van der Waals surface area contributed by atoms with Gasteiger partial charge in [0.05, 0.1) is 44.3 Å². The Labute approximate surface area is 539 Å². The van der Waals surface area contributed by atoms with Gasteiger partial charge in [-0.3, -0.25) is 76.7 Å². The van der Waals surface area contributed by atoms with Crippen LogP contribution in [-0.2, 0) is 76.7 Å². The van der Waals surface area contributed by atoms with Crippen LogP contribution in [0.1, 0.15) is 158 Å². The minimum Gasteiger partial charge on any atom is -0.481 e. The Morgan fingerprint density at radius 3 is 1.65 bits per heavy atom. The van der Waals surface area contributed by atoms with Gasteiger partial charge < -0.3 is 89.1 Å². The van der Waals surface area contributed by atoms with E-state index >= 15 is 4.79 Å². The topological polar surface area (TPSA) is 507 Å². The first-order valence-electron chi connectivity index (χ1n) is 31.6. The molecule has 0 bridgehead atoms. The summed E-state index contributed by atoms with van der Waals surface area (Å²) in [5.74, 6) is -21.8. The third-order valence-electron chi connectivity index (χ3n) is 16.0. The van der Waals surface area contributed by atoms with Crippen LogP contribution in [0, 0.1) is 17.8 Å². The number of hydrogen-bond acceptors (Lipinski definition) is 17. The standard InChI is InChI=1S/C60H95N13O20/c1-31(2)20-15-13-11-9-8-10-12-14-16-23-41(74)65-38(28-46(81)82)53(85)71-50-35(7)64-54(86)40-22-19-25-73(40)58(90)47(32(3)4)69-57(89)49(34(6)61)68-43(76)30-63-51(83)36(26-44(77)78)66-42(75)29-62-52(84)37(27-45(79)80)67-56(88)48(33(5)60(92)93)70-55(87)39-21-17-18-24-72(39)59(50)91/h14,16,31-40,47-50H,8-13,15,17-30,61H2,1-7H3,(H,62,84)(H,63,83)(H,64,86)(H,65,74)(H,66,75)(H,67,88)(H,68,76)(H,69,89)(H,70,87)(H,71,85)(H,77,78)(H,79,80)(H,81,82)(H,92,93). The fourth-order valence-corrected chi connectivity index (χ4v) is 10.7. The normalized spacial score (nSPS) is 25.0. The van der Waals surface area contributed by atoms with E-state index in [9.17, 15) is 92.3 Å². The van der Waals surface area contributed by atoms with Gasteiger partial charge in [0, 0.05) is 25.6 Å². The molecule has 33 nitrogen and oxygen atoms in total. The molecule has 3 aliphatic heterocycles. The summed E-state index contributed by atoms with van der Waals surface area (Å²) in [6.45, 7) is 8.74. The molecule has 520 valence electrons. The van der Waals surface area contributed by atoms with Crippen LogP contribution in [0.5, 0.6) is 0 Å². The van der Waals surface area contributed by atoms with Crippen molar-refractivity contribution in [3.8, 4) is 0 Å². The molecule has 12 amide bonds. The molecule has 0 aromatic carbocycles. The van der Waals surface area contributed by atoms with E-state index < -0.39 is 205 Å². The Bertz CT molecular complexity index is 2740. The van der Waals surface area contributed by atoms with Crippen LogP contribution in [0.15, 0.2) is 12.2 Å². The van der Waals surface area contributed by atoms with Gasteiger partial charge >= 0.3 is 23.9 Å². The lowest BCUT2D eigenvalue weighted by Gasteiger charge is -2.39. The highest BCUT2D eigenvalue weighted by Crippen LogP contribution is 2.24. The average molecular weight is 1320 g/mol. The van der Waals surface area contributed by atoms with Crippen molar-refractivity contribution in [2.45, 2.75) is 224 Å². The van der Waals surface area contributed by atoms with Gasteiger partial charge in [-0.1, -0.05) is 78.4 Å². The summed E-state index contributed by atoms with van der Waals surface area (Å²) in [5, 5.41) is 62.3.